The summed E-state index contributed by atoms with van der Waals surface area (Å²) < 4.78 is 40.0. The molecular weight excluding hydrogens is 482 g/mol. The lowest BCUT2D eigenvalue weighted by Gasteiger charge is -2.27. The Balaban J connectivity index is 1.21. The molecule has 2 aromatic heterocycles. The van der Waals surface area contributed by atoms with Gasteiger partial charge in [-0.2, -0.15) is 0 Å². The van der Waals surface area contributed by atoms with Crippen molar-refractivity contribution < 1.29 is 23.0 Å². The van der Waals surface area contributed by atoms with Crippen LogP contribution in [0.2, 0.25) is 0 Å². The van der Waals surface area contributed by atoms with Crippen LogP contribution in [0.1, 0.15) is 23.2 Å². The highest BCUT2D eigenvalue weighted by molar-refractivity contribution is 6.04. The highest BCUT2D eigenvalue weighted by atomic mass is 19.1. The predicted molar refractivity (Wildman–Crippen MR) is 132 cm³/mol. The molecule has 1 saturated carbocycles. The van der Waals surface area contributed by atoms with Crippen LogP contribution < -0.4 is 25.5 Å². The number of H-pyrrole nitrogens is 1. The van der Waals surface area contributed by atoms with Crippen LogP contribution in [0.5, 0.6) is 17.2 Å². The maximum atomic E-state index is 14.9. The van der Waals surface area contributed by atoms with Gasteiger partial charge in [-0.1, -0.05) is 12.1 Å². The lowest BCUT2D eigenvalue weighted by atomic mass is 10.0. The van der Waals surface area contributed by atoms with Gasteiger partial charge in [0.15, 0.2) is 23.1 Å². The van der Waals surface area contributed by atoms with Crippen molar-refractivity contribution in [3.63, 3.8) is 0 Å². The Kier molecular flexibility index (Phi) is 5.36. The molecule has 4 aromatic rings. The Bertz CT molecular complexity index is 1580. The molecular formula is C27H20F2N4O4. The summed E-state index contributed by atoms with van der Waals surface area (Å²) in [5.41, 5.74) is -0.194. The van der Waals surface area contributed by atoms with Crippen molar-refractivity contribution in [1.82, 2.24) is 9.97 Å². The Morgan fingerprint density at radius 2 is 1.86 bits per heavy atom. The zero-order chi connectivity index (χ0) is 25.6. The fraction of sp³-hybridized carbons (Fsp3) is 0.148. The lowest BCUT2D eigenvalue weighted by molar-refractivity contribution is 0.102. The molecule has 3 heterocycles. The van der Waals surface area contributed by atoms with Gasteiger partial charge in [0, 0.05) is 42.0 Å². The average Bonchev–Trinajstić information content (AvgIpc) is 3.65. The van der Waals surface area contributed by atoms with Gasteiger partial charge in [-0.15, -0.1) is 0 Å². The van der Waals surface area contributed by atoms with E-state index in [-0.39, 0.29) is 28.2 Å². The van der Waals surface area contributed by atoms with Crippen molar-refractivity contribution in [2.45, 2.75) is 18.4 Å². The molecule has 1 spiro atoms. The summed E-state index contributed by atoms with van der Waals surface area (Å²) >= 11 is 0. The first-order valence-corrected chi connectivity index (χ1v) is 11.6. The van der Waals surface area contributed by atoms with Crippen LogP contribution >= 0.6 is 0 Å². The van der Waals surface area contributed by atoms with E-state index in [1.165, 1.54) is 48.8 Å². The summed E-state index contributed by atoms with van der Waals surface area (Å²) in [6.45, 7) is 0.662. The number of carbonyl (C=O) groups excluding carboxylic acids is 1. The van der Waals surface area contributed by atoms with Crippen LogP contribution in [-0.2, 0) is 0 Å². The first-order valence-electron chi connectivity index (χ1n) is 11.6. The minimum absolute atomic E-state index is 0.0680. The van der Waals surface area contributed by atoms with Crippen molar-refractivity contribution in [3.8, 4) is 28.4 Å². The third-order valence-electron chi connectivity index (χ3n) is 6.33. The molecule has 0 radical (unpaired) electrons. The molecule has 0 bridgehead atoms. The number of nitrogens with zero attached hydrogens (tertiary/aromatic N) is 1. The van der Waals surface area contributed by atoms with Crippen molar-refractivity contribution in [2.75, 3.05) is 17.2 Å². The number of anilines is 2. The van der Waals surface area contributed by atoms with E-state index in [0.717, 1.165) is 18.9 Å². The van der Waals surface area contributed by atoms with E-state index < -0.39 is 23.0 Å². The van der Waals surface area contributed by atoms with Gasteiger partial charge in [-0.25, -0.2) is 13.8 Å². The van der Waals surface area contributed by atoms with Crippen molar-refractivity contribution >= 4 is 17.4 Å². The normalized spacial score (nSPS) is 14.8. The number of halogens is 2. The highest BCUT2D eigenvalue weighted by Gasteiger charge is 2.49. The Labute approximate surface area is 209 Å². The molecule has 0 saturated heterocycles. The Morgan fingerprint density at radius 3 is 2.62 bits per heavy atom. The van der Waals surface area contributed by atoms with E-state index in [1.54, 1.807) is 12.3 Å². The van der Waals surface area contributed by atoms with E-state index in [1.807, 2.05) is 0 Å². The standard InChI is InChI=1S/C27H20F2N4O4/c28-16-3-1-15(2-4-16)18-12-30-13-19(23(18)34)26(35)33-17-5-6-21(20(29)11-17)36-22-7-10-31-25-24(22)37-27(8-9-27)14-32-25/h1-7,10-13H,8-9,14H2,(H,30,34)(H,31,32)(H,33,35). The van der Waals surface area contributed by atoms with E-state index in [2.05, 4.69) is 20.6 Å². The van der Waals surface area contributed by atoms with E-state index in [4.69, 9.17) is 9.47 Å². The van der Waals surface area contributed by atoms with Gasteiger partial charge in [0.05, 0.1) is 6.54 Å². The molecule has 1 amide bonds. The van der Waals surface area contributed by atoms with E-state index >= 15 is 0 Å². The van der Waals surface area contributed by atoms with Crippen molar-refractivity contribution in [3.05, 3.63) is 94.5 Å². The van der Waals surface area contributed by atoms with Gasteiger partial charge in [-0.3, -0.25) is 9.59 Å². The summed E-state index contributed by atoms with van der Waals surface area (Å²) in [5, 5.41) is 5.75. The summed E-state index contributed by atoms with van der Waals surface area (Å²) in [4.78, 5) is 32.7. The minimum Gasteiger partial charge on any atom is -0.478 e. The molecule has 8 nitrogen and oxygen atoms in total. The number of amides is 1. The number of rotatable bonds is 5. The molecule has 1 aliphatic heterocycles. The molecule has 3 N–H and O–H groups in total. The molecule has 1 fully saturated rings. The first-order chi connectivity index (χ1) is 17.9. The van der Waals surface area contributed by atoms with Crippen molar-refractivity contribution in [2.24, 2.45) is 0 Å². The second-order valence-corrected chi connectivity index (χ2v) is 8.95. The topological polar surface area (TPSA) is 105 Å². The second-order valence-electron chi connectivity index (χ2n) is 8.95. The summed E-state index contributed by atoms with van der Waals surface area (Å²) in [7, 11) is 0. The zero-order valence-corrected chi connectivity index (χ0v) is 19.3. The number of hydrogen-bond acceptors (Lipinski definition) is 6. The number of aromatic amines is 1. The molecule has 2 aliphatic rings. The van der Waals surface area contributed by atoms with E-state index in [9.17, 15) is 18.4 Å². The van der Waals surface area contributed by atoms with Crippen LogP contribution in [0, 0.1) is 11.6 Å². The molecule has 37 heavy (non-hydrogen) atoms. The minimum atomic E-state index is -0.726. The fourth-order valence-corrected chi connectivity index (χ4v) is 4.13. The van der Waals surface area contributed by atoms with Crippen LogP contribution in [0.25, 0.3) is 11.1 Å². The summed E-state index contributed by atoms with van der Waals surface area (Å²) in [6.07, 6.45) is 6.07. The van der Waals surface area contributed by atoms with Crippen LogP contribution in [0.4, 0.5) is 20.3 Å². The molecule has 2 aromatic carbocycles. The highest BCUT2D eigenvalue weighted by Crippen LogP contribution is 2.49. The average molecular weight is 502 g/mol. The lowest BCUT2D eigenvalue weighted by Crippen LogP contribution is -2.33. The maximum absolute atomic E-state index is 14.9. The monoisotopic (exact) mass is 502 g/mol. The van der Waals surface area contributed by atoms with Gasteiger partial charge in [0.1, 0.15) is 17.0 Å². The van der Waals surface area contributed by atoms with Gasteiger partial charge < -0.3 is 25.1 Å². The van der Waals surface area contributed by atoms with Crippen molar-refractivity contribution in [1.29, 1.82) is 0 Å². The van der Waals surface area contributed by atoms with Crippen LogP contribution in [0.15, 0.2) is 71.9 Å². The largest absolute Gasteiger partial charge is 0.478 e. The van der Waals surface area contributed by atoms with E-state index in [0.29, 0.717) is 29.4 Å². The quantitative estimate of drug-likeness (QED) is 0.351. The third-order valence-corrected chi connectivity index (χ3v) is 6.33. The number of aromatic nitrogens is 2. The van der Waals surface area contributed by atoms with Crippen LogP contribution in [0.3, 0.4) is 0 Å². The number of hydrogen-bond donors (Lipinski definition) is 3. The number of ether oxygens (including phenoxy) is 2. The number of pyridine rings is 2. The SMILES string of the molecule is O=C(Nc1ccc(Oc2ccnc3c2OC2(CC2)CN3)c(F)c1)c1c[nH]cc(-c2ccc(F)cc2)c1=O. The smallest absolute Gasteiger partial charge is 0.261 e. The molecule has 10 heteroatoms. The predicted octanol–water partition coefficient (Wildman–Crippen LogP) is 5.10. The number of benzene rings is 2. The number of carbonyl (C=O) groups is 1. The summed E-state index contributed by atoms with van der Waals surface area (Å²) in [6, 6.07) is 10.9. The van der Waals surface area contributed by atoms with Gasteiger partial charge in [0.25, 0.3) is 5.91 Å². The second kappa shape index (κ2) is 8.74. The van der Waals surface area contributed by atoms with Gasteiger partial charge in [0.2, 0.25) is 11.2 Å². The molecule has 0 unspecified atom stereocenters. The maximum Gasteiger partial charge on any atom is 0.261 e. The summed E-state index contributed by atoms with van der Waals surface area (Å²) in [5.74, 6) is -0.665. The number of nitrogens with one attached hydrogen (secondary N) is 3. The zero-order valence-electron chi connectivity index (χ0n) is 19.3. The molecule has 0 atom stereocenters. The van der Waals surface area contributed by atoms with Crippen LogP contribution in [-0.4, -0.2) is 28.0 Å². The molecule has 1 aliphatic carbocycles. The number of fused-ring (bicyclic) bond motifs is 1. The third kappa shape index (κ3) is 4.37. The van der Waals surface area contributed by atoms with Gasteiger partial charge in [-0.05, 0) is 42.7 Å². The fourth-order valence-electron chi connectivity index (χ4n) is 4.13. The first kappa shape index (κ1) is 22.7. The molecule has 6 rings (SSSR count). The van der Waals surface area contributed by atoms with Gasteiger partial charge >= 0.3 is 0 Å². The Hall–Kier alpha value is -4.73. The Morgan fingerprint density at radius 1 is 1.05 bits per heavy atom. The molecule has 186 valence electrons.